The summed E-state index contributed by atoms with van der Waals surface area (Å²) in [4.78, 5) is 11.2. The Morgan fingerprint density at radius 3 is 2.75 bits per heavy atom. The molecule has 1 aromatic heterocycles. The van der Waals surface area contributed by atoms with E-state index in [4.69, 9.17) is 4.74 Å². The van der Waals surface area contributed by atoms with Crippen molar-refractivity contribution in [1.82, 2.24) is 9.97 Å². The molecule has 1 aliphatic rings. The first-order valence-corrected chi connectivity index (χ1v) is 7.15. The van der Waals surface area contributed by atoms with Gasteiger partial charge in [-0.3, -0.25) is 0 Å². The lowest BCUT2D eigenvalue weighted by molar-refractivity contribution is -0.0423. The maximum absolute atomic E-state index is 9.34. The fraction of sp³-hybridized carbons (Fsp3) is 0.714. The molecule has 6 nitrogen and oxygen atoms in total. The Bertz CT molecular complexity index is 467. The van der Waals surface area contributed by atoms with Crippen molar-refractivity contribution < 1.29 is 9.84 Å². The minimum atomic E-state index is -0.156. The second kappa shape index (κ2) is 6.37. The van der Waals surface area contributed by atoms with Crippen molar-refractivity contribution in [2.75, 3.05) is 36.5 Å². The molecule has 0 aliphatic carbocycles. The lowest BCUT2D eigenvalue weighted by Gasteiger charge is -2.37. The van der Waals surface area contributed by atoms with Crippen LogP contribution in [0.4, 0.5) is 11.6 Å². The summed E-state index contributed by atoms with van der Waals surface area (Å²) in [7, 11) is 0. The Hall–Kier alpha value is -1.40. The molecule has 1 fully saturated rings. The highest BCUT2D eigenvalue weighted by Crippen LogP contribution is 2.26. The van der Waals surface area contributed by atoms with Gasteiger partial charge >= 0.3 is 0 Å². The Morgan fingerprint density at radius 1 is 1.35 bits per heavy atom. The van der Waals surface area contributed by atoms with Crippen molar-refractivity contribution in [3.05, 3.63) is 11.4 Å². The van der Waals surface area contributed by atoms with Gasteiger partial charge in [0.2, 0.25) is 0 Å². The predicted molar refractivity (Wildman–Crippen MR) is 79.3 cm³/mol. The first kappa shape index (κ1) is 15.0. The second-order valence-corrected chi connectivity index (χ2v) is 5.25. The van der Waals surface area contributed by atoms with Crippen LogP contribution in [0.5, 0.6) is 0 Å². The van der Waals surface area contributed by atoms with Crippen LogP contribution in [0.2, 0.25) is 0 Å². The number of hydrogen-bond donors (Lipinski definition) is 2. The first-order valence-electron chi connectivity index (χ1n) is 7.15. The summed E-state index contributed by atoms with van der Waals surface area (Å²) >= 11 is 0. The van der Waals surface area contributed by atoms with Gasteiger partial charge in [0.15, 0.2) is 0 Å². The normalized spacial score (nSPS) is 22.9. The van der Waals surface area contributed by atoms with Crippen molar-refractivity contribution in [2.24, 2.45) is 0 Å². The lowest BCUT2D eigenvalue weighted by Crippen LogP contribution is -2.48. The molecule has 2 rings (SSSR count). The number of morpholine rings is 1. The van der Waals surface area contributed by atoms with Gasteiger partial charge in [0.1, 0.15) is 17.5 Å². The van der Waals surface area contributed by atoms with E-state index in [2.05, 4.69) is 27.1 Å². The van der Waals surface area contributed by atoms with Gasteiger partial charge in [0.25, 0.3) is 0 Å². The van der Waals surface area contributed by atoms with Gasteiger partial charge in [0, 0.05) is 25.2 Å². The number of rotatable bonds is 4. The van der Waals surface area contributed by atoms with Crippen LogP contribution in [0.1, 0.15) is 25.2 Å². The van der Waals surface area contributed by atoms with Gasteiger partial charge in [-0.05, 0) is 27.7 Å². The predicted octanol–water partition coefficient (Wildman–Crippen LogP) is 1.11. The molecule has 2 atom stereocenters. The van der Waals surface area contributed by atoms with Crippen LogP contribution >= 0.6 is 0 Å². The molecule has 0 spiro atoms. The summed E-state index contributed by atoms with van der Waals surface area (Å²) in [5, 5.41) is 12.6. The van der Waals surface area contributed by atoms with Crippen molar-refractivity contribution in [3.8, 4) is 0 Å². The molecule has 112 valence electrons. The zero-order valence-corrected chi connectivity index (χ0v) is 12.7. The van der Waals surface area contributed by atoms with E-state index < -0.39 is 0 Å². The van der Waals surface area contributed by atoms with Crippen molar-refractivity contribution in [1.29, 1.82) is 0 Å². The standard InChI is InChI=1S/C14H24N4O2/c1-5-15-13-10(3)14(17-11(4)16-13)18-6-9(2)20-12(7-18)8-19/h9,12,19H,5-8H2,1-4H3,(H,15,16,17). The number of hydrogen-bond acceptors (Lipinski definition) is 6. The van der Waals surface area contributed by atoms with Crippen LogP contribution in [0.3, 0.4) is 0 Å². The number of aliphatic hydroxyl groups is 1. The molecule has 2 N–H and O–H groups in total. The average molecular weight is 280 g/mol. The summed E-state index contributed by atoms with van der Waals surface area (Å²) in [6, 6.07) is 0. The Balaban J connectivity index is 2.31. The molecule has 0 amide bonds. The third-order valence-electron chi connectivity index (χ3n) is 3.41. The van der Waals surface area contributed by atoms with Gasteiger partial charge in [-0.15, -0.1) is 0 Å². The molecule has 0 saturated carbocycles. The third-order valence-corrected chi connectivity index (χ3v) is 3.41. The van der Waals surface area contributed by atoms with Gasteiger partial charge in [-0.25, -0.2) is 9.97 Å². The summed E-state index contributed by atoms with van der Waals surface area (Å²) < 4.78 is 5.68. The Labute approximate surface area is 120 Å². The number of nitrogens with zero attached hydrogens (tertiary/aromatic N) is 3. The molecule has 2 unspecified atom stereocenters. The summed E-state index contributed by atoms with van der Waals surface area (Å²) in [5.74, 6) is 2.57. The topological polar surface area (TPSA) is 70.5 Å². The second-order valence-electron chi connectivity index (χ2n) is 5.25. The SMILES string of the molecule is CCNc1nc(C)nc(N2CC(C)OC(CO)C2)c1C. The molecule has 1 aromatic rings. The van der Waals surface area contributed by atoms with Crippen LogP contribution in [0.25, 0.3) is 0 Å². The lowest BCUT2D eigenvalue weighted by atomic mass is 10.2. The van der Waals surface area contributed by atoms with E-state index in [1.807, 2.05) is 20.8 Å². The zero-order chi connectivity index (χ0) is 14.7. The molecule has 1 aliphatic heterocycles. The molecule has 2 heterocycles. The number of aromatic nitrogens is 2. The molecular formula is C14H24N4O2. The number of aliphatic hydroxyl groups excluding tert-OH is 1. The molecule has 0 aromatic carbocycles. The summed E-state index contributed by atoms with van der Waals surface area (Å²) in [5.41, 5.74) is 1.04. The van der Waals surface area contributed by atoms with E-state index in [1.165, 1.54) is 0 Å². The van der Waals surface area contributed by atoms with E-state index >= 15 is 0 Å². The average Bonchev–Trinajstić information content (AvgIpc) is 2.42. The molecule has 1 saturated heterocycles. The number of aryl methyl sites for hydroxylation is 1. The minimum absolute atomic E-state index is 0.0318. The van der Waals surface area contributed by atoms with Gasteiger partial charge in [0.05, 0.1) is 18.8 Å². The van der Waals surface area contributed by atoms with E-state index in [9.17, 15) is 5.11 Å². The van der Waals surface area contributed by atoms with Gasteiger partial charge in [-0.1, -0.05) is 0 Å². The van der Waals surface area contributed by atoms with Crippen LogP contribution in [0.15, 0.2) is 0 Å². The highest BCUT2D eigenvalue weighted by molar-refractivity contribution is 5.59. The van der Waals surface area contributed by atoms with E-state index in [1.54, 1.807) is 0 Å². The quantitative estimate of drug-likeness (QED) is 0.861. The van der Waals surface area contributed by atoms with Crippen molar-refractivity contribution >= 4 is 11.6 Å². The molecule has 6 heteroatoms. The molecule has 0 radical (unpaired) electrons. The maximum Gasteiger partial charge on any atom is 0.137 e. The summed E-state index contributed by atoms with van der Waals surface area (Å²) in [6.07, 6.45) is -0.0749. The molecule has 0 bridgehead atoms. The van der Waals surface area contributed by atoms with E-state index in [-0.39, 0.29) is 18.8 Å². The van der Waals surface area contributed by atoms with Crippen molar-refractivity contribution in [3.63, 3.8) is 0 Å². The first-order chi connectivity index (χ1) is 9.55. The van der Waals surface area contributed by atoms with Crippen LogP contribution in [-0.4, -0.2) is 53.5 Å². The maximum atomic E-state index is 9.34. The number of ether oxygens (including phenoxy) is 1. The number of nitrogens with one attached hydrogen (secondary N) is 1. The fourth-order valence-corrected chi connectivity index (χ4v) is 2.58. The highest BCUT2D eigenvalue weighted by atomic mass is 16.5. The monoisotopic (exact) mass is 280 g/mol. The van der Waals surface area contributed by atoms with Gasteiger partial charge < -0.3 is 20.1 Å². The largest absolute Gasteiger partial charge is 0.394 e. The van der Waals surface area contributed by atoms with E-state index in [0.29, 0.717) is 6.54 Å². The fourth-order valence-electron chi connectivity index (χ4n) is 2.58. The van der Waals surface area contributed by atoms with Crippen LogP contribution < -0.4 is 10.2 Å². The summed E-state index contributed by atoms with van der Waals surface area (Å²) in [6.45, 7) is 10.3. The van der Waals surface area contributed by atoms with Crippen LogP contribution in [-0.2, 0) is 4.74 Å². The van der Waals surface area contributed by atoms with Crippen LogP contribution in [0, 0.1) is 13.8 Å². The smallest absolute Gasteiger partial charge is 0.137 e. The van der Waals surface area contributed by atoms with Crippen molar-refractivity contribution in [2.45, 2.75) is 39.9 Å². The van der Waals surface area contributed by atoms with Gasteiger partial charge in [-0.2, -0.15) is 0 Å². The zero-order valence-electron chi connectivity index (χ0n) is 12.7. The Kier molecular flexibility index (Phi) is 4.77. The molecule has 20 heavy (non-hydrogen) atoms. The van der Waals surface area contributed by atoms with E-state index in [0.717, 1.165) is 36.1 Å². The molecular weight excluding hydrogens is 256 g/mol. The third kappa shape index (κ3) is 3.19. The highest BCUT2D eigenvalue weighted by Gasteiger charge is 2.27. The minimum Gasteiger partial charge on any atom is -0.394 e. The Morgan fingerprint density at radius 2 is 2.10 bits per heavy atom. The number of anilines is 2.